The van der Waals surface area contributed by atoms with Crippen molar-refractivity contribution >= 4 is 22.7 Å². The van der Waals surface area contributed by atoms with Gasteiger partial charge in [-0.05, 0) is 24.3 Å². The lowest BCUT2D eigenvalue weighted by Crippen LogP contribution is -2.55. The molecule has 2 N–H and O–H groups in total. The third kappa shape index (κ3) is 2.41. The molecule has 1 aliphatic rings. The maximum atomic E-state index is 12.9. The average Bonchev–Trinajstić information content (AvgIpc) is 2.86. The van der Waals surface area contributed by atoms with E-state index in [0.29, 0.717) is 30.1 Å². The molecule has 0 amide bonds. The van der Waals surface area contributed by atoms with Crippen LogP contribution >= 0.6 is 0 Å². The number of hydrogen-bond donors (Lipinski definition) is 2. The molecule has 1 fully saturated rings. The number of anilines is 2. The van der Waals surface area contributed by atoms with Crippen molar-refractivity contribution in [3.05, 3.63) is 46.6 Å². The predicted molar refractivity (Wildman–Crippen MR) is 85.2 cm³/mol. The lowest BCUT2D eigenvalue weighted by atomic mass is 10.1. The normalized spacial score (nSPS) is 15.0. The number of hydrogen-bond acceptors (Lipinski definition) is 5. The molecule has 0 spiro atoms. The number of aryl methyl sites for hydroxylation is 1. The van der Waals surface area contributed by atoms with Crippen molar-refractivity contribution in [3.63, 3.8) is 0 Å². The topological polar surface area (TPSA) is 78.8 Å². The smallest absolute Gasteiger partial charge is 0.263 e. The fourth-order valence-corrected chi connectivity index (χ4v) is 2.70. The maximum absolute atomic E-state index is 12.9. The van der Waals surface area contributed by atoms with E-state index in [9.17, 15) is 9.18 Å². The monoisotopic (exact) mass is 314 g/mol. The van der Waals surface area contributed by atoms with Gasteiger partial charge in [-0.1, -0.05) is 0 Å². The summed E-state index contributed by atoms with van der Waals surface area (Å²) in [7, 11) is 1.76. The van der Waals surface area contributed by atoms with E-state index in [4.69, 9.17) is 0 Å². The number of fused-ring (bicyclic) bond motifs is 1. The highest BCUT2D eigenvalue weighted by molar-refractivity contribution is 5.74. The Morgan fingerprint density at radius 2 is 2.04 bits per heavy atom. The van der Waals surface area contributed by atoms with Crippen LogP contribution in [0.15, 0.2) is 35.3 Å². The Morgan fingerprint density at radius 3 is 2.78 bits per heavy atom. The Balaban J connectivity index is 1.48. The predicted octanol–water partition coefficient (Wildman–Crippen LogP) is 1.10. The first-order valence-electron chi connectivity index (χ1n) is 7.29. The van der Waals surface area contributed by atoms with Crippen molar-refractivity contribution in [3.8, 4) is 0 Å². The van der Waals surface area contributed by atoms with E-state index in [1.54, 1.807) is 23.9 Å². The highest BCUT2D eigenvalue weighted by atomic mass is 19.1. The molecule has 0 radical (unpaired) electrons. The van der Waals surface area contributed by atoms with E-state index < -0.39 is 0 Å². The standard InChI is InChI=1S/C15H15FN6O/c1-21-13-12(6-17-21)14(23)20-15(19-13)22-7-11(8-22)18-10-4-2-9(16)3-5-10/h2-6,11,18H,7-8H2,1H3,(H,19,20,23). The minimum atomic E-state index is -0.253. The number of rotatable bonds is 3. The molecule has 118 valence electrons. The molecule has 7 nitrogen and oxygen atoms in total. The zero-order valence-electron chi connectivity index (χ0n) is 12.5. The molecule has 23 heavy (non-hydrogen) atoms. The molecule has 0 atom stereocenters. The summed E-state index contributed by atoms with van der Waals surface area (Å²) in [6.45, 7) is 1.42. The summed E-state index contributed by atoms with van der Waals surface area (Å²) >= 11 is 0. The van der Waals surface area contributed by atoms with Crippen LogP contribution < -0.4 is 15.8 Å². The molecule has 2 aromatic heterocycles. The zero-order chi connectivity index (χ0) is 16.0. The van der Waals surface area contributed by atoms with Crippen LogP contribution in [0, 0.1) is 5.82 Å². The van der Waals surface area contributed by atoms with Crippen molar-refractivity contribution in [2.45, 2.75) is 6.04 Å². The van der Waals surface area contributed by atoms with Gasteiger partial charge in [0.15, 0.2) is 5.65 Å². The second kappa shape index (κ2) is 5.08. The quantitative estimate of drug-likeness (QED) is 0.757. The molecule has 1 aliphatic heterocycles. The van der Waals surface area contributed by atoms with E-state index in [-0.39, 0.29) is 17.4 Å². The van der Waals surface area contributed by atoms with E-state index in [1.165, 1.54) is 18.3 Å². The van der Waals surface area contributed by atoms with Crippen LogP contribution in [0.3, 0.4) is 0 Å². The average molecular weight is 314 g/mol. The van der Waals surface area contributed by atoms with Gasteiger partial charge in [0.25, 0.3) is 5.56 Å². The van der Waals surface area contributed by atoms with Gasteiger partial charge in [0.2, 0.25) is 5.95 Å². The summed E-state index contributed by atoms with van der Waals surface area (Å²) in [4.78, 5) is 21.3. The van der Waals surface area contributed by atoms with Gasteiger partial charge >= 0.3 is 0 Å². The van der Waals surface area contributed by atoms with Crippen LogP contribution in [0.4, 0.5) is 16.0 Å². The number of aromatic nitrogens is 4. The Hall–Kier alpha value is -2.90. The minimum Gasteiger partial charge on any atom is -0.379 e. The first-order chi connectivity index (χ1) is 11.1. The van der Waals surface area contributed by atoms with E-state index in [1.807, 2.05) is 4.90 Å². The molecule has 3 aromatic rings. The third-order valence-electron chi connectivity index (χ3n) is 3.99. The van der Waals surface area contributed by atoms with Crippen LogP contribution in [0.5, 0.6) is 0 Å². The van der Waals surface area contributed by atoms with Crippen LogP contribution in [0.2, 0.25) is 0 Å². The molecular weight excluding hydrogens is 299 g/mol. The van der Waals surface area contributed by atoms with Crippen molar-refractivity contribution in [2.24, 2.45) is 7.05 Å². The molecule has 0 aliphatic carbocycles. The number of aromatic amines is 1. The zero-order valence-corrected chi connectivity index (χ0v) is 12.5. The van der Waals surface area contributed by atoms with Gasteiger partial charge in [0, 0.05) is 25.8 Å². The van der Waals surface area contributed by atoms with Crippen molar-refractivity contribution in [2.75, 3.05) is 23.3 Å². The van der Waals surface area contributed by atoms with Gasteiger partial charge in [-0.15, -0.1) is 0 Å². The van der Waals surface area contributed by atoms with Gasteiger partial charge in [0.1, 0.15) is 11.2 Å². The minimum absolute atomic E-state index is 0.187. The fourth-order valence-electron chi connectivity index (χ4n) is 2.70. The highest BCUT2D eigenvalue weighted by Crippen LogP contribution is 2.20. The Labute approximate surface area is 130 Å². The van der Waals surface area contributed by atoms with E-state index in [0.717, 1.165) is 5.69 Å². The molecule has 1 aromatic carbocycles. The summed E-state index contributed by atoms with van der Waals surface area (Å²) in [5.41, 5.74) is 1.26. The molecule has 1 saturated heterocycles. The van der Waals surface area contributed by atoms with E-state index in [2.05, 4.69) is 20.4 Å². The number of H-pyrrole nitrogens is 1. The molecule has 0 unspecified atom stereocenters. The van der Waals surface area contributed by atoms with E-state index >= 15 is 0 Å². The first-order valence-corrected chi connectivity index (χ1v) is 7.29. The molecule has 0 bridgehead atoms. The second-order valence-electron chi connectivity index (χ2n) is 5.65. The van der Waals surface area contributed by atoms with Gasteiger partial charge in [-0.3, -0.25) is 14.5 Å². The molecule has 0 saturated carbocycles. The van der Waals surface area contributed by atoms with Crippen LogP contribution in [-0.4, -0.2) is 38.9 Å². The van der Waals surface area contributed by atoms with Crippen LogP contribution in [0.1, 0.15) is 0 Å². The van der Waals surface area contributed by atoms with Gasteiger partial charge in [-0.25, -0.2) is 4.39 Å². The Bertz CT molecular complexity index is 910. The lowest BCUT2D eigenvalue weighted by molar-refractivity contribution is 0.538. The molecule has 3 heterocycles. The molecule has 8 heteroatoms. The number of nitrogens with one attached hydrogen (secondary N) is 2. The second-order valence-corrected chi connectivity index (χ2v) is 5.65. The van der Waals surface area contributed by atoms with Gasteiger partial charge in [-0.2, -0.15) is 10.1 Å². The summed E-state index contributed by atoms with van der Waals surface area (Å²) in [5.74, 6) is 0.292. The summed E-state index contributed by atoms with van der Waals surface area (Å²) in [6, 6.07) is 6.50. The number of nitrogens with zero attached hydrogens (tertiary/aromatic N) is 4. The van der Waals surface area contributed by atoms with Gasteiger partial charge in [0.05, 0.1) is 12.2 Å². The van der Waals surface area contributed by atoms with Crippen molar-refractivity contribution in [1.82, 2.24) is 19.7 Å². The Kier molecular flexibility index (Phi) is 3.03. The van der Waals surface area contributed by atoms with Crippen molar-refractivity contribution in [1.29, 1.82) is 0 Å². The maximum Gasteiger partial charge on any atom is 0.263 e. The SMILES string of the molecule is Cn1ncc2c(=O)[nH]c(N3CC(Nc4ccc(F)cc4)C3)nc21. The first kappa shape index (κ1) is 13.7. The lowest BCUT2D eigenvalue weighted by Gasteiger charge is -2.40. The Morgan fingerprint density at radius 1 is 1.30 bits per heavy atom. The molecular formula is C15H15FN6O. The summed E-state index contributed by atoms with van der Waals surface area (Å²) in [6.07, 6.45) is 1.51. The number of halogens is 1. The third-order valence-corrected chi connectivity index (χ3v) is 3.99. The van der Waals surface area contributed by atoms with Gasteiger partial charge < -0.3 is 10.2 Å². The van der Waals surface area contributed by atoms with Crippen molar-refractivity contribution < 1.29 is 4.39 Å². The summed E-state index contributed by atoms with van der Waals surface area (Å²) in [5, 5.41) is 7.85. The highest BCUT2D eigenvalue weighted by Gasteiger charge is 2.29. The fraction of sp³-hybridized carbons (Fsp3) is 0.267. The van der Waals surface area contributed by atoms with Crippen LogP contribution in [-0.2, 0) is 7.05 Å². The summed E-state index contributed by atoms with van der Waals surface area (Å²) < 4.78 is 14.5. The van der Waals surface area contributed by atoms with Crippen LogP contribution in [0.25, 0.3) is 11.0 Å². The number of benzene rings is 1. The largest absolute Gasteiger partial charge is 0.379 e. The molecule has 4 rings (SSSR count).